The molecule has 0 radical (unpaired) electrons. The van der Waals surface area contributed by atoms with Crippen LogP contribution >= 0.6 is 0 Å². The van der Waals surface area contributed by atoms with Crippen molar-refractivity contribution in [3.05, 3.63) is 29.3 Å². The Balaban J connectivity index is 1.87. The fourth-order valence-corrected chi connectivity index (χ4v) is 2.05. The Hall–Kier alpha value is -2.97. The van der Waals surface area contributed by atoms with Gasteiger partial charge in [0.1, 0.15) is 5.82 Å². The van der Waals surface area contributed by atoms with E-state index in [2.05, 4.69) is 25.8 Å². The number of aromatic nitrogens is 3. The lowest BCUT2D eigenvalue weighted by molar-refractivity contribution is -0.116. The zero-order chi connectivity index (χ0) is 15.0. The Labute approximate surface area is 117 Å². The third kappa shape index (κ3) is 2.53. The van der Waals surface area contributed by atoms with E-state index < -0.39 is 11.7 Å². The number of aromatic amines is 1. The van der Waals surface area contributed by atoms with Gasteiger partial charge in [-0.25, -0.2) is 4.39 Å². The standard InChI is InChI=1S/C12H11FN6O2/c13-6-3-5-1-2-9(20)15-7(5)4-8(6)16-11(21)10-17-12(14)19-18-10/h3-4H,1-2H2,(H,15,20)(H,16,21)(H3,14,17,18,19). The van der Waals surface area contributed by atoms with Gasteiger partial charge in [0.2, 0.25) is 17.7 Å². The fourth-order valence-electron chi connectivity index (χ4n) is 2.05. The number of halogens is 1. The Morgan fingerprint density at radius 3 is 2.90 bits per heavy atom. The van der Waals surface area contributed by atoms with Crippen LogP contribution in [0, 0.1) is 5.82 Å². The number of aryl methyl sites for hydroxylation is 1. The molecule has 0 fully saturated rings. The second kappa shape index (κ2) is 4.85. The lowest BCUT2D eigenvalue weighted by Crippen LogP contribution is -2.20. The molecule has 0 saturated carbocycles. The van der Waals surface area contributed by atoms with Crippen LogP contribution in [0.2, 0.25) is 0 Å². The average molecular weight is 290 g/mol. The molecule has 21 heavy (non-hydrogen) atoms. The summed E-state index contributed by atoms with van der Waals surface area (Å²) in [7, 11) is 0. The molecular weight excluding hydrogens is 279 g/mol. The predicted molar refractivity (Wildman–Crippen MR) is 72.1 cm³/mol. The molecule has 1 aliphatic heterocycles. The van der Waals surface area contributed by atoms with E-state index in [-0.39, 0.29) is 23.4 Å². The first-order valence-electron chi connectivity index (χ1n) is 6.14. The van der Waals surface area contributed by atoms with Crippen molar-refractivity contribution in [1.29, 1.82) is 0 Å². The van der Waals surface area contributed by atoms with E-state index in [1.807, 2.05) is 0 Å². The van der Waals surface area contributed by atoms with E-state index in [1.54, 1.807) is 0 Å². The van der Waals surface area contributed by atoms with Gasteiger partial charge in [-0.2, -0.15) is 4.98 Å². The number of rotatable bonds is 2. The van der Waals surface area contributed by atoms with Crippen molar-refractivity contribution < 1.29 is 14.0 Å². The second-order valence-corrected chi connectivity index (χ2v) is 4.53. The quantitative estimate of drug-likeness (QED) is 0.646. The van der Waals surface area contributed by atoms with Crippen molar-refractivity contribution in [2.45, 2.75) is 12.8 Å². The molecule has 5 N–H and O–H groups in total. The van der Waals surface area contributed by atoms with Crippen molar-refractivity contribution in [1.82, 2.24) is 15.2 Å². The van der Waals surface area contributed by atoms with E-state index >= 15 is 0 Å². The highest BCUT2D eigenvalue weighted by molar-refractivity contribution is 6.02. The summed E-state index contributed by atoms with van der Waals surface area (Å²) in [5, 5.41) is 10.8. The molecule has 1 aromatic heterocycles. The monoisotopic (exact) mass is 290 g/mol. The molecule has 2 heterocycles. The highest BCUT2D eigenvalue weighted by atomic mass is 19.1. The Bertz CT molecular complexity index is 741. The van der Waals surface area contributed by atoms with Crippen LogP contribution in [-0.4, -0.2) is 27.0 Å². The topological polar surface area (TPSA) is 126 Å². The first-order chi connectivity index (χ1) is 10.0. The molecule has 0 atom stereocenters. The molecule has 2 amide bonds. The van der Waals surface area contributed by atoms with Crippen molar-refractivity contribution in [2.24, 2.45) is 0 Å². The first kappa shape index (κ1) is 13.0. The smallest absolute Gasteiger partial charge is 0.293 e. The Kier molecular flexibility index (Phi) is 3.01. The number of nitrogens with zero attached hydrogens (tertiary/aromatic N) is 2. The third-order valence-electron chi connectivity index (χ3n) is 3.05. The summed E-state index contributed by atoms with van der Waals surface area (Å²) in [5.41, 5.74) is 6.41. The van der Waals surface area contributed by atoms with E-state index in [1.165, 1.54) is 12.1 Å². The maximum Gasteiger partial charge on any atom is 0.293 e. The molecule has 1 aromatic carbocycles. The maximum absolute atomic E-state index is 14.0. The van der Waals surface area contributed by atoms with Gasteiger partial charge in [0.05, 0.1) is 5.69 Å². The van der Waals surface area contributed by atoms with E-state index in [0.29, 0.717) is 24.1 Å². The van der Waals surface area contributed by atoms with Gasteiger partial charge >= 0.3 is 0 Å². The molecule has 108 valence electrons. The van der Waals surface area contributed by atoms with Crippen LogP contribution in [0.4, 0.5) is 21.7 Å². The molecule has 8 nitrogen and oxygen atoms in total. The van der Waals surface area contributed by atoms with Crippen LogP contribution < -0.4 is 16.4 Å². The van der Waals surface area contributed by atoms with E-state index in [0.717, 1.165) is 0 Å². The number of nitrogens with one attached hydrogen (secondary N) is 3. The fraction of sp³-hybridized carbons (Fsp3) is 0.167. The van der Waals surface area contributed by atoms with E-state index in [4.69, 9.17) is 5.73 Å². The van der Waals surface area contributed by atoms with Gasteiger partial charge in [-0.1, -0.05) is 0 Å². The number of anilines is 3. The van der Waals surface area contributed by atoms with E-state index in [9.17, 15) is 14.0 Å². The van der Waals surface area contributed by atoms with Crippen LogP contribution in [0.3, 0.4) is 0 Å². The van der Waals surface area contributed by atoms with Crippen molar-refractivity contribution in [2.75, 3.05) is 16.4 Å². The summed E-state index contributed by atoms with van der Waals surface area (Å²) < 4.78 is 14.0. The van der Waals surface area contributed by atoms with Gasteiger partial charge in [0.25, 0.3) is 5.91 Å². The van der Waals surface area contributed by atoms with Crippen LogP contribution in [0.15, 0.2) is 12.1 Å². The van der Waals surface area contributed by atoms with Crippen molar-refractivity contribution >= 4 is 29.1 Å². The maximum atomic E-state index is 14.0. The third-order valence-corrected chi connectivity index (χ3v) is 3.05. The van der Waals surface area contributed by atoms with Gasteiger partial charge < -0.3 is 16.4 Å². The highest BCUT2D eigenvalue weighted by Crippen LogP contribution is 2.28. The number of carbonyl (C=O) groups is 2. The minimum Gasteiger partial charge on any atom is -0.366 e. The second-order valence-electron chi connectivity index (χ2n) is 4.53. The number of amides is 2. The molecule has 3 rings (SSSR count). The summed E-state index contributed by atoms with van der Waals surface area (Å²) >= 11 is 0. The Morgan fingerprint density at radius 2 is 2.19 bits per heavy atom. The zero-order valence-corrected chi connectivity index (χ0v) is 10.7. The lowest BCUT2D eigenvalue weighted by atomic mass is 10.0. The number of carbonyl (C=O) groups excluding carboxylic acids is 2. The largest absolute Gasteiger partial charge is 0.366 e. The summed E-state index contributed by atoms with van der Waals surface area (Å²) in [4.78, 5) is 26.8. The number of benzene rings is 1. The molecular formula is C12H11FN6O2. The molecule has 1 aliphatic rings. The summed E-state index contributed by atoms with van der Waals surface area (Å²) in [6.07, 6.45) is 0.778. The molecule has 0 aliphatic carbocycles. The van der Waals surface area contributed by atoms with Crippen LogP contribution in [0.25, 0.3) is 0 Å². The summed E-state index contributed by atoms with van der Waals surface area (Å²) in [5.74, 6) is -1.63. The number of nitrogen functional groups attached to an aromatic ring is 1. The molecule has 0 spiro atoms. The van der Waals surface area contributed by atoms with Gasteiger partial charge in [-0.15, -0.1) is 5.10 Å². The number of hydrogen-bond acceptors (Lipinski definition) is 5. The van der Waals surface area contributed by atoms with Gasteiger partial charge in [-0.3, -0.25) is 14.7 Å². The lowest BCUT2D eigenvalue weighted by Gasteiger charge is -2.18. The van der Waals surface area contributed by atoms with Gasteiger partial charge in [-0.05, 0) is 24.1 Å². The minimum absolute atomic E-state index is 0.0593. The summed E-state index contributed by atoms with van der Waals surface area (Å²) in [6, 6.07) is 2.67. The number of fused-ring (bicyclic) bond motifs is 1. The molecule has 0 saturated heterocycles. The molecule has 9 heteroatoms. The molecule has 2 aromatic rings. The SMILES string of the molecule is Nc1n[nH]c(C(=O)Nc2cc3c(cc2F)CCC(=O)N3)n1. The normalized spacial score (nSPS) is 13.5. The number of H-pyrrole nitrogens is 1. The van der Waals surface area contributed by atoms with Crippen LogP contribution in [0.5, 0.6) is 0 Å². The first-order valence-corrected chi connectivity index (χ1v) is 6.14. The average Bonchev–Trinajstić information content (AvgIpc) is 2.87. The number of nitrogens with two attached hydrogens (primary N) is 1. The van der Waals surface area contributed by atoms with Crippen molar-refractivity contribution in [3.8, 4) is 0 Å². The van der Waals surface area contributed by atoms with Gasteiger partial charge in [0, 0.05) is 12.1 Å². The zero-order valence-electron chi connectivity index (χ0n) is 10.7. The molecule has 0 unspecified atom stereocenters. The summed E-state index contributed by atoms with van der Waals surface area (Å²) in [6.45, 7) is 0. The highest BCUT2D eigenvalue weighted by Gasteiger charge is 2.19. The van der Waals surface area contributed by atoms with Gasteiger partial charge in [0.15, 0.2) is 0 Å². The van der Waals surface area contributed by atoms with Crippen molar-refractivity contribution in [3.63, 3.8) is 0 Å². The Morgan fingerprint density at radius 1 is 1.38 bits per heavy atom. The van der Waals surface area contributed by atoms with Crippen LogP contribution in [-0.2, 0) is 11.2 Å². The minimum atomic E-state index is -0.680. The molecule has 0 bridgehead atoms. The van der Waals surface area contributed by atoms with Crippen LogP contribution in [0.1, 0.15) is 22.6 Å². The number of hydrogen-bond donors (Lipinski definition) is 4. The predicted octanol–water partition coefficient (Wildman–Crippen LogP) is 0.663.